The van der Waals surface area contributed by atoms with E-state index in [1.54, 1.807) is 12.1 Å². The normalized spacial score (nSPS) is 22.9. The summed E-state index contributed by atoms with van der Waals surface area (Å²) in [5.41, 5.74) is 2.78. The number of nitrogens with one attached hydrogen (secondary N) is 1. The molecule has 1 saturated heterocycles. The number of hydrogen-bond acceptors (Lipinski definition) is 5. The Kier molecular flexibility index (Phi) is 5.24. The summed E-state index contributed by atoms with van der Waals surface area (Å²) in [6, 6.07) is 3.44. The summed E-state index contributed by atoms with van der Waals surface area (Å²) in [6.45, 7) is 7.17. The van der Waals surface area contributed by atoms with Crippen LogP contribution in [-0.2, 0) is 26.0 Å². The van der Waals surface area contributed by atoms with E-state index in [1.807, 2.05) is 11.8 Å². The van der Waals surface area contributed by atoms with Crippen LogP contribution in [0.4, 0.5) is 5.69 Å². The van der Waals surface area contributed by atoms with Crippen LogP contribution in [-0.4, -0.2) is 65.2 Å². The molecule has 8 heteroatoms. The number of benzene rings is 1. The van der Waals surface area contributed by atoms with Gasteiger partial charge >= 0.3 is 0 Å². The largest absolute Gasteiger partial charge is 0.379 e. The van der Waals surface area contributed by atoms with Gasteiger partial charge in [-0.05, 0) is 56.0 Å². The van der Waals surface area contributed by atoms with Crippen LogP contribution in [0.2, 0.25) is 0 Å². The number of carbonyl (C=O) groups is 1. The number of sulfonamides is 1. The topological polar surface area (TPSA) is 79.0 Å². The predicted octanol–water partition coefficient (Wildman–Crippen LogP) is 1.08. The second-order valence-electron chi connectivity index (χ2n) is 7.54. The zero-order valence-electron chi connectivity index (χ0n) is 15.7. The molecule has 0 saturated carbocycles. The fraction of sp³-hybridized carbons (Fsp3) is 0.632. The Morgan fingerprint density at radius 3 is 2.78 bits per heavy atom. The van der Waals surface area contributed by atoms with Crippen LogP contribution in [0.3, 0.4) is 0 Å². The summed E-state index contributed by atoms with van der Waals surface area (Å²) in [5.74, 6) is -0.188. The van der Waals surface area contributed by atoms with E-state index < -0.39 is 10.0 Å². The first-order valence-electron chi connectivity index (χ1n) is 9.75. The van der Waals surface area contributed by atoms with E-state index in [0.717, 1.165) is 75.5 Å². The molecule has 1 amide bonds. The SMILES string of the molecule is C[C@H]1C(=O)N2CCCc3cc(S(=O)(=O)NCCCN4CCOCC4)cc1c32. The Balaban J connectivity index is 1.45. The van der Waals surface area contributed by atoms with E-state index >= 15 is 0 Å². The fourth-order valence-electron chi connectivity index (χ4n) is 4.24. The number of morpholine rings is 1. The molecular formula is C19H27N3O4S. The van der Waals surface area contributed by atoms with Gasteiger partial charge < -0.3 is 9.64 Å². The minimum absolute atomic E-state index is 0.0824. The van der Waals surface area contributed by atoms with E-state index in [-0.39, 0.29) is 16.7 Å². The fourth-order valence-corrected chi connectivity index (χ4v) is 5.40. The molecule has 4 rings (SSSR count). The highest BCUT2D eigenvalue weighted by Gasteiger charge is 2.38. The van der Waals surface area contributed by atoms with Gasteiger partial charge in [-0.2, -0.15) is 0 Å². The molecule has 0 radical (unpaired) electrons. The lowest BCUT2D eigenvalue weighted by atomic mass is 9.97. The van der Waals surface area contributed by atoms with Gasteiger partial charge in [0.15, 0.2) is 0 Å². The highest BCUT2D eigenvalue weighted by molar-refractivity contribution is 7.89. The summed E-state index contributed by atoms with van der Waals surface area (Å²) in [5, 5.41) is 0. The Labute approximate surface area is 160 Å². The average molecular weight is 394 g/mol. The maximum atomic E-state index is 12.8. The van der Waals surface area contributed by atoms with Crippen molar-refractivity contribution < 1.29 is 17.9 Å². The van der Waals surface area contributed by atoms with Gasteiger partial charge in [0, 0.05) is 26.2 Å². The summed E-state index contributed by atoms with van der Waals surface area (Å²) in [7, 11) is -3.57. The second kappa shape index (κ2) is 7.50. The maximum Gasteiger partial charge on any atom is 0.240 e. The second-order valence-corrected chi connectivity index (χ2v) is 9.31. The number of aryl methyl sites for hydroxylation is 1. The molecule has 0 unspecified atom stereocenters. The van der Waals surface area contributed by atoms with Crippen molar-refractivity contribution in [2.24, 2.45) is 0 Å². The third-order valence-electron chi connectivity index (χ3n) is 5.75. The molecule has 148 valence electrons. The molecule has 1 N–H and O–H groups in total. The molecule has 0 bridgehead atoms. The predicted molar refractivity (Wildman–Crippen MR) is 103 cm³/mol. The van der Waals surface area contributed by atoms with E-state index in [1.165, 1.54) is 0 Å². The van der Waals surface area contributed by atoms with Crippen LogP contribution >= 0.6 is 0 Å². The lowest BCUT2D eigenvalue weighted by Crippen LogP contribution is -2.38. The number of hydrogen-bond donors (Lipinski definition) is 1. The smallest absolute Gasteiger partial charge is 0.240 e. The van der Waals surface area contributed by atoms with Crippen molar-refractivity contribution in [3.8, 4) is 0 Å². The van der Waals surface area contributed by atoms with Crippen molar-refractivity contribution in [3.05, 3.63) is 23.3 Å². The molecule has 3 aliphatic rings. The summed E-state index contributed by atoms with van der Waals surface area (Å²) in [4.78, 5) is 16.8. The van der Waals surface area contributed by atoms with Crippen LogP contribution in [0, 0.1) is 0 Å². The maximum absolute atomic E-state index is 12.8. The summed E-state index contributed by atoms with van der Waals surface area (Å²) >= 11 is 0. The average Bonchev–Trinajstić information content (AvgIpc) is 2.93. The third-order valence-corrected chi connectivity index (χ3v) is 7.19. The molecule has 27 heavy (non-hydrogen) atoms. The van der Waals surface area contributed by atoms with Crippen molar-refractivity contribution in [2.45, 2.75) is 37.0 Å². The quantitative estimate of drug-likeness (QED) is 0.732. The Bertz CT molecular complexity index is 834. The number of ether oxygens (including phenoxy) is 1. The molecular weight excluding hydrogens is 366 g/mol. The van der Waals surface area contributed by atoms with Gasteiger partial charge in [-0.15, -0.1) is 0 Å². The van der Waals surface area contributed by atoms with Crippen molar-refractivity contribution in [3.63, 3.8) is 0 Å². The molecule has 0 spiro atoms. The Hall–Kier alpha value is -1.48. The minimum atomic E-state index is -3.57. The molecule has 1 aromatic rings. The van der Waals surface area contributed by atoms with Gasteiger partial charge in [0.2, 0.25) is 15.9 Å². The van der Waals surface area contributed by atoms with E-state index in [2.05, 4.69) is 9.62 Å². The van der Waals surface area contributed by atoms with Crippen LogP contribution in [0.25, 0.3) is 0 Å². The van der Waals surface area contributed by atoms with E-state index in [0.29, 0.717) is 6.54 Å². The molecule has 1 fully saturated rings. The van der Waals surface area contributed by atoms with Gasteiger partial charge in [0.05, 0.1) is 29.7 Å². The number of anilines is 1. The van der Waals surface area contributed by atoms with Gasteiger partial charge in [-0.3, -0.25) is 9.69 Å². The summed E-state index contributed by atoms with van der Waals surface area (Å²) in [6.07, 6.45) is 2.46. The number of amides is 1. The number of nitrogens with zero attached hydrogens (tertiary/aromatic N) is 2. The number of carbonyl (C=O) groups excluding carboxylic acids is 1. The van der Waals surface area contributed by atoms with Crippen molar-refractivity contribution in [1.82, 2.24) is 9.62 Å². The van der Waals surface area contributed by atoms with Gasteiger partial charge in [-0.1, -0.05) is 0 Å². The lowest BCUT2D eigenvalue weighted by Gasteiger charge is -2.26. The van der Waals surface area contributed by atoms with E-state index in [9.17, 15) is 13.2 Å². The Morgan fingerprint density at radius 1 is 1.22 bits per heavy atom. The highest BCUT2D eigenvalue weighted by Crippen LogP contribution is 2.43. The van der Waals surface area contributed by atoms with Crippen molar-refractivity contribution >= 4 is 21.6 Å². The zero-order valence-corrected chi connectivity index (χ0v) is 16.6. The molecule has 0 aliphatic carbocycles. The van der Waals surface area contributed by atoms with Crippen molar-refractivity contribution in [1.29, 1.82) is 0 Å². The molecule has 3 aliphatic heterocycles. The monoisotopic (exact) mass is 393 g/mol. The molecule has 7 nitrogen and oxygen atoms in total. The molecule has 3 heterocycles. The lowest BCUT2D eigenvalue weighted by molar-refractivity contribution is -0.119. The number of rotatable bonds is 6. The summed E-state index contributed by atoms with van der Waals surface area (Å²) < 4.78 is 33.6. The minimum Gasteiger partial charge on any atom is -0.379 e. The first-order chi connectivity index (χ1) is 13.0. The molecule has 1 atom stereocenters. The van der Waals surface area contributed by atoms with Gasteiger partial charge in [-0.25, -0.2) is 13.1 Å². The van der Waals surface area contributed by atoms with Crippen molar-refractivity contribution in [2.75, 3.05) is 50.8 Å². The molecule has 1 aromatic carbocycles. The zero-order chi connectivity index (χ0) is 19.0. The highest BCUT2D eigenvalue weighted by atomic mass is 32.2. The van der Waals surface area contributed by atoms with Gasteiger partial charge in [0.25, 0.3) is 0 Å². The molecule has 0 aromatic heterocycles. The first kappa shape index (κ1) is 18.9. The van der Waals surface area contributed by atoms with Crippen LogP contribution in [0.5, 0.6) is 0 Å². The standard InChI is InChI=1S/C19H27N3O4S/c1-14-17-13-16(12-15-4-2-7-22(18(15)17)19(14)23)27(24,25)20-5-3-6-21-8-10-26-11-9-21/h12-14,20H,2-11H2,1H3/t14-/m1/s1. The first-order valence-corrected chi connectivity index (χ1v) is 11.2. The van der Waals surface area contributed by atoms with Crippen LogP contribution < -0.4 is 9.62 Å². The Morgan fingerprint density at radius 2 is 2.00 bits per heavy atom. The third kappa shape index (κ3) is 3.63. The van der Waals surface area contributed by atoms with E-state index in [4.69, 9.17) is 4.74 Å². The van der Waals surface area contributed by atoms with Gasteiger partial charge in [0.1, 0.15) is 0 Å². The van der Waals surface area contributed by atoms with Crippen LogP contribution in [0.15, 0.2) is 17.0 Å². The van der Waals surface area contributed by atoms with Crippen LogP contribution in [0.1, 0.15) is 36.8 Å².